The highest BCUT2D eigenvalue weighted by Crippen LogP contribution is 2.29. The van der Waals surface area contributed by atoms with Gasteiger partial charge in [-0.2, -0.15) is 22.0 Å². The molecule has 0 aromatic carbocycles. The minimum Gasteiger partial charge on any atom is -0.493 e. The first kappa shape index (κ1) is 19.4. The van der Waals surface area contributed by atoms with Crippen molar-refractivity contribution in [3.63, 3.8) is 0 Å². The summed E-state index contributed by atoms with van der Waals surface area (Å²) in [6.07, 6.45) is 6.40. The number of nitriles is 1. The number of nitrogens with zero attached hydrogens (tertiary/aromatic N) is 3. The quantitative estimate of drug-likeness (QED) is 0.678. The van der Waals surface area contributed by atoms with E-state index in [0.717, 1.165) is 39.1 Å². The van der Waals surface area contributed by atoms with Crippen LogP contribution < -0.4 is 0 Å². The Morgan fingerprint density at radius 3 is 2.75 bits per heavy atom. The Labute approximate surface area is 168 Å². The van der Waals surface area contributed by atoms with Gasteiger partial charge in [0.1, 0.15) is 17.5 Å². The van der Waals surface area contributed by atoms with Crippen molar-refractivity contribution in [3.05, 3.63) is 23.5 Å². The van der Waals surface area contributed by atoms with E-state index in [1.807, 2.05) is 0 Å². The Morgan fingerprint density at radius 1 is 1.18 bits per heavy atom. The molecule has 4 aliphatic rings. The van der Waals surface area contributed by atoms with Crippen LogP contribution in [0.1, 0.15) is 19.3 Å². The Hall–Kier alpha value is -1.95. The van der Waals surface area contributed by atoms with Gasteiger partial charge in [0.05, 0.1) is 36.3 Å². The van der Waals surface area contributed by atoms with Crippen molar-refractivity contribution in [2.75, 3.05) is 38.8 Å². The smallest absolute Gasteiger partial charge is 0.261 e. The van der Waals surface area contributed by atoms with Crippen LogP contribution in [0.4, 0.5) is 0 Å². The zero-order valence-electron chi connectivity index (χ0n) is 15.6. The van der Waals surface area contributed by atoms with Crippen LogP contribution >= 0.6 is 11.8 Å². The van der Waals surface area contributed by atoms with E-state index >= 15 is 0 Å². The van der Waals surface area contributed by atoms with E-state index in [4.69, 9.17) is 14.2 Å². The molecule has 28 heavy (non-hydrogen) atoms. The molecule has 4 rings (SSSR count). The van der Waals surface area contributed by atoms with Crippen LogP contribution in [0.3, 0.4) is 0 Å². The number of amidine groups is 1. The molecule has 2 atom stereocenters. The van der Waals surface area contributed by atoms with Crippen LogP contribution in [0, 0.1) is 23.2 Å². The highest BCUT2D eigenvalue weighted by Gasteiger charge is 2.34. The zero-order chi connectivity index (χ0) is 19.3. The SMILES string of the molecule is N#CC1=CC(OCC2CCOC2)=CC2=NC(CSC3CCOCC3)=NC(=O)C12. The van der Waals surface area contributed by atoms with E-state index in [2.05, 4.69) is 16.1 Å². The summed E-state index contributed by atoms with van der Waals surface area (Å²) in [6, 6.07) is 2.12. The molecule has 0 radical (unpaired) electrons. The summed E-state index contributed by atoms with van der Waals surface area (Å²) in [7, 11) is 0. The fourth-order valence-corrected chi connectivity index (χ4v) is 4.64. The first-order chi connectivity index (χ1) is 13.7. The molecule has 7 nitrogen and oxygen atoms in total. The van der Waals surface area contributed by atoms with Crippen LogP contribution in [-0.2, 0) is 19.0 Å². The highest BCUT2D eigenvalue weighted by atomic mass is 32.2. The second-order valence-corrected chi connectivity index (χ2v) is 8.55. The maximum absolute atomic E-state index is 12.6. The lowest BCUT2D eigenvalue weighted by atomic mass is 9.88. The Kier molecular flexibility index (Phi) is 6.25. The second-order valence-electron chi connectivity index (χ2n) is 7.26. The molecular weight excluding hydrogens is 378 g/mol. The van der Waals surface area contributed by atoms with Crippen molar-refractivity contribution in [2.24, 2.45) is 21.8 Å². The minimum atomic E-state index is -0.705. The van der Waals surface area contributed by atoms with Crippen molar-refractivity contribution in [1.29, 1.82) is 5.26 Å². The van der Waals surface area contributed by atoms with Gasteiger partial charge >= 0.3 is 0 Å². The van der Waals surface area contributed by atoms with Crippen molar-refractivity contribution < 1.29 is 19.0 Å². The average Bonchev–Trinajstić information content (AvgIpc) is 3.24. The largest absolute Gasteiger partial charge is 0.493 e. The molecule has 2 unspecified atom stereocenters. The van der Waals surface area contributed by atoms with Gasteiger partial charge in [-0.05, 0) is 25.3 Å². The Morgan fingerprint density at radius 2 is 2.00 bits per heavy atom. The monoisotopic (exact) mass is 401 g/mol. The number of allylic oxidation sites excluding steroid dienone is 2. The molecule has 0 saturated carbocycles. The molecular formula is C20H23N3O4S. The fourth-order valence-electron chi connectivity index (χ4n) is 3.60. The lowest BCUT2D eigenvalue weighted by Crippen LogP contribution is -2.32. The summed E-state index contributed by atoms with van der Waals surface area (Å²) in [6.45, 7) is 3.56. The van der Waals surface area contributed by atoms with E-state index in [1.165, 1.54) is 0 Å². The average molecular weight is 401 g/mol. The van der Waals surface area contributed by atoms with Gasteiger partial charge in [0, 0.05) is 37.1 Å². The summed E-state index contributed by atoms with van der Waals surface area (Å²) in [5, 5.41) is 10.00. The standard InChI is InChI=1S/C20H23N3O4S/c21-9-14-7-15(27-11-13-1-4-26-10-13)8-17-19(14)20(24)23-18(22-17)12-28-16-2-5-25-6-3-16/h7-8,13,16,19H,1-6,10-12H2. The number of amides is 1. The zero-order valence-corrected chi connectivity index (χ0v) is 16.5. The number of aliphatic imine (C=N–C) groups is 2. The first-order valence-corrected chi connectivity index (χ1v) is 10.7. The van der Waals surface area contributed by atoms with Crippen LogP contribution in [0.25, 0.3) is 0 Å². The van der Waals surface area contributed by atoms with Gasteiger partial charge in [0.15, 0.2) is 0 Å². The maximum Gasteiger partial charge on any atom is 0.261 e. The van der Waals surface area contributed by atoms with E-state index < -0.39 is 5.92 Å². The predicted molar refractivity (Wildman–Crippen MR) is 106 cm³/mol. The van der Waals surface area contributed by atoms with Crippen LogP contribution in [0.5, 0.6) is 0 Å². The summed E-state index contributed by atoms with van der Waals surface area (Å²) in [4.78, 5) is 21.3. The summed E-state index contributed by atoms with van der Waals surface area (Å²) in [5.74, 6) is 1.02. The van der Waals surface area contributed by atoms with E-state index in [9.17, 15) is 10.1 Å². The van der Waals surface area contributed by atoms with Gasteiger partial charge < -0.3 is 14.2 Å². The number of carbonyl (C=O) groups is 1. The van der Waals surface area contributed by atoms with Crippen molar-refractivity contribution in [3.8, 4) is 6.07 Å². The summed E-state index contributed by atoms with van der Waals surface area (Å²) < 4.78 is 16.6. The highest BCUT2D eigenvalue weighted by molar-refractivity contribution is 8.00. The molecule has 3 aliphatic heterocycles. The topological polar surface area (TPSA) is 93.3 Å². The maximum atomic E-state index is 12.6. The van der Waals surface area contributed by atoms with Crippen LogP contribution in [0.2, 0.25) is 0 Å². The van der Waals surface area contributed by atoms with Gasteiger partial charge in [0.25, 0.3) is 5.91 Å². The molecule has 1 amide bonds. The van der Waals surface area contributed by atoms with Gasteiger partial charge in [-0.15, -0.1) is 0 Å². The Bertz CT molecular complexity index is 784. The third-order valence-corrected chi connectivity index (χ3v) is 6.56. The molecule has 2 fully saturated rings. The van der Waals surface area contributed by atoms with Gasteiger partial charge in [-0.1, -0.05) is 0 Å². The normalized spacial score (nSPS) is 27.9. The van der Waals surface area contributed by atoms with Gasteiger partial charge in [-0.25, -0.2) is 4.99 Å². The van der Waals surface area contributed by atoms with Crippen molar-refractivity contribution in [1.82, 2.24) is 0 Å². The van der Waals surface area contributed by atoms with E-state index in [1.54, 1.807) is 23.9 Å². The number of ether oxygens (including phenoxy) is 3. The summed E-state index contributed by atoms with van der Waals surface area (Å²) in [5.41, 5.74) is 0.892. The third kappa shape index (κ3) is 4.54. The lowest BCUT2D eigenvalue weighted by Gasteiger charge is -2.24. The van der Waals surface area contributed by atoms with Crippen LogP contribution in [-0.4, -0.2) is 61.5 Å². The number of thioether (sulfide) groups is 1. The molecule has 0 aromatic heterocycles. The van der Waals surface area contributed by atoms with E-state index in [0.29, 0.717) is 53.0 Å². The van der Waals surface area contributed by atoms with Crippen LogP contribution in [0.15, 0.2) is 33.5 Å². The summed E-state index contributed by atoms with van der Waals surface area (Å²) >= 11 is 1.76. The van der Waals surface area contributed by atoms with E-state index in [-0.39, 0.29) is 5.91 Å². The lowest BCUT2D eigenvalue weighted by molar-refractivity contribution is -0.118. The molecule has 1 aliphatic carbocycles. The molecule has 0 aromatic rings. The molecule has 0 N–H and O–H groups in total. The van der Waals surface area contributed by atoms with Gasteiger partial charge in [-0.3, -0.25) is 4.79 Å². The number of hydrogen-bond acceptors (Lipinski definition) is 7. The fraction of sp³-hybridized carbons (Fsp3) is 0.600. The minimum absolute atomic E-state index is 0.320. The van der Waals surface area contributed by atoms with Gasteiger partial charge in [0.2, 0.25) is 0 Å². The molecule has 8 heteroatoms. The number of rotatable bonds is 6. The molecule has 0 bridgehead atoms. The predicted octanol–water partition coefficient (Wildman–Crippen LogP) is 2.30. The molecule has 3 heterocycles. The number of carbonyl (C=O) groups excluding carboxylic acids is 1. The third-order valence-electron chi connectivity index (χ3n) is 5.19. The molecule has 148 valence electrons. The number of fused-ring (bicyclic) bond motifs is 1. The molecule has 2 saturated heterocycles. The number of hydrogen-bond donors (Lipinski definition) is 0. The van der Waals surface area contributed by atoms with Crippen molar-refractivity contribution in [2.45, 2.75) is 24.5 Å². The van der Waals surface area contributed by atoms with Crippen molar-refractivity contribution >= 4 is 29.2 Å². The first-order valence-electron chi connectivity index (χ1n) is 9.66. The second kappa shape index (κ2) is 9.03. The Balaban J connectivity index is 1.44. The molecule has 0 spiro atoms.